The molecule has 2 saturated heterocycles. The number of carbonyl (C=O) groups excluding carboxylic acids is 1. The Balaban J connectivity index is 1.98. The predicted octanol–water partition coefficient (Wildman–Crippen LogP) is 0.518. The minimum absolute atomic E-state index is 0.118. The Morgan fingerprint density at radius 3 is 2.58 bits per heavy atom. The van der Waals surface area contributed by atoms with Gasteiger partial charge in [0.15, 0.2) is 0 Å². The number of nitrogens with zero attached hydrogens (tertiary/aromatic N) is 1. The van der Waals surface area contributed by atoms with Crippen molar-refractivity contribution in [2.45, 2.75) is 50.2 Å². The van der Waals surface area contributed by atoms with Crippen LogP contribution in [0.2, 0.25) is 0 Å². The standard InChI is InChI=1S/C14H26N2O3/c1-3-14(5-4-8-15-14)12(17)16(2)11-13(18)6-9-19-10-7-13/h15,18H,3-11H2,1-2H3. The lowest BCUT2D eigenvalue weighted by Gasteiger charge is -2.38. The van der Waals surface area contributed by atoms with Crippen molar-refractivity contribution in [1.29, 1.82) is 0 Å². The van der Waals surface area contributed by atoms with Crippen molar-refractivity contribution < 1.29 is 14.6 Å². The van der Waals surface area contributed by atoms with Gasteiger partial charge in [0.1, 0.15) is 0 Å². The molecule has 2 rings (SSSR count). The van der Waals surface area contributed by atoms with Crippen molar-refractivity contribution in [3.8, 4) is 0 Å². The van der Waals surface area contributed by atoms with Gasteiger partial charge in [0.25, 0.3) is 0 Å². The zero-order chi connectivity index (χ0) is 13.9. The summed E-state index contributed by atoms with van der Waals surface area (Å²) < 4.78 is 5.27. The van der Waals surface area contributed by atoms with E-state index in [0.29, 0.717) is 32.6 Å². The molecule has 110 valence electrons. The number of nitrogens with one attached hydrogen (secondary N) is 1. The fourth-order valence-electron chi connectivity index (χ4n) is 3.23. The van der Waals surface area contributed by atoms with Gasteiger partial charge in [0.2, 0.25) is 5.91 Å². The van der Waals surface area contributed by atoms with Crippen LogP contribution < -0.4 is 5.32 Å². The Morgan fingerprint density at radius 2 is 2.05 bits per heavy atom. The van der Waals surface area contributed by atoms with Crippen molar-refractivity contribution in [1.82, 2.24) is 10.2 Å². The van der Waals surface area contributed by atoms with Gasteiger partial charge < -0.3 is 20.1 Å². The van der Waals surface area contributed by atoms with Crippen LogP contribution in [0.5, 0.6) is 0 Å². The molecule has 2 heterocycles. The van der Waals surface area contributed by atoms with Crippen LogP contribution in [0.1, 0.15) is 39.0 Å². The minimum atomic E-state index is -0.782. The van der Waals surface area contributed by atoms with Gasteiger partial charge in [-0.25, -0.2) is 0 Å². The third kappa shape index (κ3) is 3.09. The smallest absolute Gasteiger partial charge is 0.242 e. The molecule has 19 heavy (non-hydrogen) atoms. The van der Waals surface area contributed by atoms with Gasteiger partial charge in [0.05, 0.1) is 11.1 Å². The highest BCUT2D eigenvalue weighted by Gasteiger charge is 2.42. The molecular weight excluding hydrogens is 244 g/mol. The van der Waals surface area contributed by atoms with Gasteiger partial charge in [-0.15, -0.1) is 0 Å². The molecule has 0 aromatic carbocycles. The maximum atomic E-state index is 12.6. The first-order valence-electron chi connectivity index (χ1n) is 7.32. The van der Waals surface area contributed by atoms with Crippen LogP contribution in [-0.2, 0) is 9.53 Å². The molecule has 2 fully saturated rings. The van der Waals surface area contributed by atoms with Gasteiger partial charge in [-0.3, -0.25) is 4.79 Å². The van der Waals surface area contributed by atoms with E-state index < -0.39 is 11.1 Å². The Labute approximate surface area is 115 Å². The predicted molar refractivity (Wildman–Crippen MR) is 72.9 cm³/mol. The van der Waals surface area contributed by atoms with Gasteiger partial charge in [-0.05, 0) is 25.8 Å². The van der Waals surface area contributed by atoms with Crippen LogP contribution in [0.4, 0.5) is 0 Å². The van der Waals surface area contributed by atoms with E-state index in [1.165, 1.54) is 0 Å². The van der Waals surface area contributed by atoms with E-state index in [1.807, 2.05) is 6.92 Å². The van der Waals surface area contributed by atoms with Crippen LogP contribution in [-0.4, -0.2) is 60.4 Å². The summed E-state index contributed by atoms with van der Waals surface area (Å²) in [6, 6.07) is 0. The van der Waals surface area contributed by atoms with E-state index >= 15 is 0 Å². The number of ether oxygens (including phenoxy) is 1. The summed E-state index contributed by atoms with van der Waals surface area (Å²) >= 11 is 0. The van der Waals surface area contributed by atoms with Crippen LogP contribution >= 0.6 is 0 Å². The van der Waals surface area contributed by atoms with E-state index in [0.717, 1.165) is 25.8 Å². The molecule has 1 atom stereocenters. The number of hydrogen-bond donors (Lipinski definition) is 2. The highest BCUT2D eigenvalue weighted by atomic mass is 16.5. The zero-order valence-corrected chi connectivity index (χ0v) is 12.1. The number of aliphatic hydroxyl groups is 1. The van der Waals surface area contributed by atoms with E-state index in [2.05, 4.69) is 5.32 Å². The molecule has 5 nitrogen and oxygen atoms in total. The van der Waals surface area contributed by atoms with Crippen molar-refractivity contribution in [3.63, 3.8) is 0 Å². The maximum absolute atomic E-state index is 12.6. The second-order valence-electron chi connectivity index (χ2n) is 5.96. The third-order valence-corrected chi connectivity index (χ3v) is 4.56. The fourth-order valence-corrected chi connectivity index (χ4v) is 3.23. The highest BCUT2D eigenvalue weighted by molar-refractivity contribution is 5.86. The lowest BCUT2D eigenvalue weighted by atomic mass is 9.90. The van der Waals surface area contributed by atoms with Gasteiger partial charge in [0, 0.05) is 39.6 Å². The van der Waals surface area contributed by atoms with Crippen molar-refractivity contribution in [2.24, 2.45) is 0 Å². The molecule has 0 aromatic rings. The van der Waals surface area contributed by atoms with Crippen molar-refractivity contribution in [3.05, 3.63) is 0 Å². The minimum Gasteiger partial charge on any atom is -0.388 e. The first-order valence-corrected chi connectivity index (χ1v) is 7.32. The summed E-state index contributed by atoms with van der Waals surface area (Å²) in [6.45, 7) is 4.52. The average Bonchev–Trinajstić information content (AvgIpc) is 2.88. The van der Waals surface area contributed by atoms with Crippen LogP contribution in [0.3, 0.4) is 0 Å². The zero-order valence-electron chi connectivity index (χ0n) is 12.1. The van der Waals surface area contributed by atoms with E-state index in [-0.39, 0.29) is 5.91 Å². The normalized spacial score (nSPS) is 30.3. The fraction of sp³-hybridized carbons (Fsp3) is 0.929. The summed E-state index contributed by atoms with van der Waals surface area (Å²) in [5, 5.41) is 13.8. The average molecular weight is 270 g/mol. The van der Waals surface area contributed by atoms with Crippen molar-refractivity contribution in [2.75, 3.05) is 33.4 Å². The first kappa shape index (κ1) is 14.8. The monoisotopic (exact) mass is 270 g/mol. The molecule has 5 heteroatoms. The molecule has 0 saturated carbocycles. The molecule has 2 aliphatic heterocycles. The van der Waals surface area contributed by atoms with Gasteiger partial charge >= 0.3 is 0 Å². The first-order chi connectivity index (χ1) is 9.01. The van der Waals surface area contributed by atoms with Gasteiger partial charge in [-0.2, -0.15) is 0 Å². The summed E-state index contributed by atoms with van der Waals surface area (Å²) in [4.78, 5) is 14.3. The quantitative estimate of drug-likeness (QED) is 0.782. The van der Waals surface area contributed by atoms with Gasteiger partial charge in [-0.1, -0.05) is 6.92 Å². The second-order valence-corrected chi connectivity index (χ2v) is 5.96. The van der Waals surface area contributed by atoms with Crippen LogP contribution in [0.25, 0.3) is 0 Å². The van der Waals surface area contributed by atoms with Crippen LogP contribution in [0, 0.1) is 0 Å². The molecule has 1 unspecified atom stereocenters. The van der Waals surface area contributed by atoms with E-state index in [1.54, 1.807) is 11.9 Å². The summed E-state index contributed by atoms with van der Waals surface area (Å²) in [5.74, 6) is 0.118. The number of likely N-dealkylation sites (N-methyl/N-ethyl adjacent to an activating group) is 1. The molecule has 0 spiro atoms. The summed E-state index contributed by atoms with van der Waals surface area (Å²) in [5.41, 5.74) is -1.19. The second kappa shape index (κ2) is 5.77. The number of rotatable bonds is 4. The largest absolute Gasteiger partial charge is 0.388 e. The third-order valence-electron chi connectivity index (χ3n) is 4.56. The Kier molecular flexibility index (Phi) is 4.48. The van der Waals surface area contributed by atoms with E-state index in [9.17, 15) is 9.90 Å². The Morgan fingerprint density at radius 1 is 1.37 bits per heavy atom. The lowest BCUT2D eigenvalue weighted by Crippen LogP contribution is -2.57. The van der Waals surface area contributed by atoms with E-state index in [4.69, 9.17) is 4.74 Å². The molecule has 0 aliphatic carbocycles. The lowest BCUT2D eigenvalue weighted by molar-refractivity contribution is -0.143. The summed E-state index contributed by atoms with van der Waals surface area (Å²) in [7, 11) is 1.80. The molecule has 2 aliphatic rings. The van der Waals surface area contributed by atoms with Crippen molar-refractivity contribution >= 4 is 5.91 Å². The summed E-state index contributed by atoms with van der Waals surface area (Å²) in [6.07, 6.45) is 3.96. The molecule has 0 radical (unpaired) electrons. The number of hydrogen-bond acceptors (Lipinski definition) is 4. The Hall–Kier alpha value is -0.650. The number of carbonyl (C=O) groups is 1. The highest BCUT2D eigenvalue weighted by Crippen LogP contribution is 2.27. The topological polar surface area (TPSA) is 61.8 Å². The number of amides is 1. The Bertz CT molecular complexity index is 321. The van der Waals surface area contributed by atoms with Crippen LogP contribution in [0.15, 0.2) is 0 Å². The molecule has 0 aromatic heterocycles. The molecule has 1 amide bonds. The molecule has 2 N–H and O–H groups in total. The maximum Gasteiger partial charge on any atom is 0.242 e. The molecule has 0 bridgehead atoms. The molecular formula is C14H26N2O3. The SMILES string of the molecule is CCC1(C(=O)N(C)CC2(O)CCOCC2)CCCN1.